The van der Waals surface area contributed by atoms with Crippen LogP contribution >= 0.6 is 0 Å². The summed E-state index contributed by atoms with van der Waals surface area (Å²) in [5, 5.41) is 0. The van der Waals surface area contributed by atoms with Crippen molar-refractivity contribution in [1.82, 2.24) is 14.7 Å². The van der Waals surface area contributed by atoms with Gasteiger partial charge >= 0.3 is 0 Å². The molecular weight excluding hydrogens is 366 g/mol. The second kappa shape index (κ2) is 11.3. The van der Waals surface area contributed by atoms with Crippen LogP contribution in [0.25, 0.3) is 0 Å². The number of rotatable bonds is 7. The maximum atomic E-state index is 13.3. The minimum Gasteiger partial charge on any atom is -0.379 e. The minimum absolute atomic E-state index is 0.0449. The number of hydrogen-bond acceptors (Lipinski definition) is 4. The van der Waals surface area contributed by atoms with Gasteiger partial charge in [0.1, 0.15) is 0 Å². The Morgan fingerprint density at radius 1 is 1.07 bits per heavy atom. The number of carbonyl (C=O) groups excluding carboxylic acids is 2. The lowest BCUT2D eigenvalue weighted by atomic mass is 10.1. The van der Waals surface area contributed by atoms with E-state index in [1.807, 2.05) is 23.1 Å². The molecule has 2 saturated heterocycles. The third kappa shape index (κ3) is 6.82. The van der Waals surface area contributed by atoms with Crippen LogP contribution in [-0.2, 0) is 20.9 Å². The molecular formula is C23H35N3O3. The molecule has 0 bridgehead atoms. The summed E-state index contributed by atoms with van der Waals surface area (Å²) in [5.74, 6) is 0.169. The highest BCUT2D eigenvalue weighted by Gasteiger charge is 2.26. The average Bonchev–Trinajstić information content (AvgIpc) is 2.73. The largest absolute Gasteiger partial charge is 0.379 e. The monoisotopic (exact) mass is 401 g/mol. The molecule has 1 unspecified atom stereocenters. The van der Waals surface area contributed by atoms with Gasteiger partial charge < -0.3 is 14.5 Å². The van der Waals surface area contributed by atoms with Crippen LogP contribution < -0.4 is 0 Å². The highest BCUT2D eigenvalue weighted by Crippen LogP contribution is 2.15. The van der Waals surface area contributed by atoms with Crippen LogP contribution in [0.3, 0.4) is 0 Å². The number of ether oxygens (including phenoxy) is 1. The average molecular weight is 402 g/mol. The number of benzene rings is 1. The van der Waals surface area contributed by atoms with Gasteiger partial charge in [-0.3, -0.25) is 14.5 Å². The van der Waals surface area contributed by atoms with E-state index in [-0.39, 0.29) is 24.4 Å². The van der Waals surface area contributed by atoms with E-state index in [4.69, 9.17) is 4.74 Å². The van der Waals surface area contributed by atoms with E-state index >= 15 is 0 Å². The van der Waals surface area contributed by atoms with Crippen LogP contribution in [-0.4, -0.2) is 78.5 Å². The third-order valence-corrected chi connectivity index (χ3v) is 5.92. The smallest absolute Gasteiger partial charge is 0.242 e. The topological polar surface area (TPSA) is 53.1 Å². The zero-order valence-corrected chi connectivity index (χ0v) is 17.7. The summed E-state index contributed by atoms with van der Waals surface area (Å²) in [6.07, 6.45) is 4.74. The van der Waals surface area contributed by atoms with Gasteiger partial charge in [0.25, 0.3) is 0 Å². The summed E-state index contributed by atoms with van der Waals surface area (Å²) >= 11 is 0. The van der Waals surface area contributed by atoms with Crippen molar-refractivity contribution in [3.8, 4) is 0 Å². The second-order valence-electron chi connectivity index (χ2n) is 8.25. The number of hydrogen-bond donors (Lipinski definition) is 0. The number of amides is 2. The maximum absolute atomic E-state index is 13.3. The summed E-state index contributed by atoms with van der Waals surface area (Å²) < 4.78 is 5.45. The molecule has 2 heterocycles. The number of likely N-dealkylation sites (tertiary alicyclic amines) is 1. The molecule has 0 saturated carbocycles. The Labute approximate surface area is 174 Å². The Morgan fingerprint density at radius 3 is 2.55 bits per heavy atom. The van der Waals surface area contributed by atoms with Crippen molar-refractivity contribution in [1.29, 1.82) is 0 Å². The van der Waals surface area contributed by atoms with Crippen LogP contribution in [0.2, 0.25) is 0 Å². The first-order chi connectivity index (χ1) is 14.1. The number of nitrogens with zero attached hydrogens (tertiary/aromatic N) is 3. The van der Waals surface area contributed by atoms with Crippen molar-refractivity contribution >= 4 is 11.8 Å². The summed E-state index contributed by atoms with van der Waals surface area (Å²) in [5.41, 5.74) is 1.12. The van der Waals surface area contributed by atoms with E-state index in [2.05, 4.69) is 24.0 Å². The molecule has 3 rings (SSSR count). The number of carbonyl (C=O) groups is 2. The summed E-state index contributed by atoms with van der Waals surface area (Å²) in [4.78, 5) is 31.9. The first-order valence-corrected chi connectivity index (χ1v) is 11.0. The fourth-order valence-corrected chi connectivity index (χ4v) is 4.16. The van der Waals surface area contributed by atoms with Gasteiger partial charge in [0.15, 0.2) is 0 Å². The van der Waals surface area contributed by atoms with Crippen molar-refractivity contribution in [3.05, 3.63) is 35.9 Å². The Hall–Kier alpha value is -1.92. The van der Waals surface area contributed by atoms with E-state index in [9.17, 15) is 9.59 Å². The van der Waals surface area contributed by atoms with Gasteiger partial charge in [-0.25, -0.2) is 0 Å². The van der Waals surface area contributed by atoms with Gasteiger partial charge in [0.05, 0.1) is 19.8 Å². The fraction of sp³-hybridized carbons (Fsp3) is 0.652. The summed E-state index contributed by atoms with van der Waals surface area (Å²) in [6, 6.07) is 10.2. The second-order valence-corrected chi connectivity index (χ2v) is 8.25. The fourth-order valence-electron chi connectivity index (χ4n) is 4.16. The van der Waals surface area contributed by atoms with E-state index in [1.165, 1.54) is 0 Å². The van der Waals surface area contributed by atoms with E-state index < -0.39 is 0 Å². The Morgan fingerprint density at radius 2 is 1.79 bits per heavy atom. The van der Waals surface area contributed by atoms with Crippen molar-refractivity contribution in [2.45, 2.75) is 51.6 Å². The lowest BCUT2D eigenvalue weighted by Gasteiger charge is -2.36. The quantitative estimate of drug-likeness (QED) is 0.705. The first kappa shape index (κ1) is 21.8. The van der Waals surface area contributed by atoms with Crippen molar-refractivity contribution in [2.75, 3.05) is 45.9 Å². The minimum atomic E-state index is 0.0449. The molecule has 0 N–H and O–H groups in total. The highest BCUT2D eigenvalue weighted by atomic mass is 16.5. The first-order valence-electron chi connectivity index (χ1n) is 11.0. The normalized spacial score (nSPS) is 20.0. The molecule has 1 atom stereocenters. The van der Waals surface area contributed by atoms with E-state index in [0.717, 1.165) is 64.1 Å². The zero-order chi connectivity index (χ0) is 20.5. The van der Waals surface area contributed by atoms with Gasteiger partial charge in [0.2, 0.25) is 11.8 Å². The molecule has 2 aliphatic heterocycles. The van der Waals surface area contributed by atoms with Crippen LogP contribution in [0.1, 0.15) is 44.6 Å². The van der Waals surface area contributed by atoms with Crippen molar-refractivity contribution < 1.29 is 14.3 Å². The number of morpholine rings is 1. The molecule has 1 aromatic carbocycles. The van der Waals surface area contributed by atoms with Gasteiger partial charge in [-0.1, -0.05) is 43.2 Å². The van der Waals surface area contributed by atoms with Gasteiger partial charge in [0, 0.05) is 45.2 Å². The summed E-state index contributed by atoms with van der Waals surface area (Å²) in [6.45, 7) is 7.73. The molecule has 0 aliphatic carbocycles. The zero-order valence-electron chi connectivity index (χ0n) is 17.7. The standard InChI is InChI=1S/C23H35N3O3/c1-20(17-24-13-15-29-16-14-24)26(18-21-9-5-4-6-10-21)23(28)19-25-12-8-3-2-7-11-22(25)27/h4-6,9-10,20H,2-3,7-8,11-19H2,1H3. The van der Waals surface area contributed by atoms with Gasteiger partial charge in [-0.2, -0.15) is 0 Å². The van der Waals surface area contributed by atoms with Crippen molar-refractivity contribution in [2.24, 2.45) is 0 Å². The predicted octanol–water partition coefficient (Wildman–Crippen LogP) is 2.53. The summed E-state index contributed by atoms with van der Waals surface area (Å²) in [7, 11) is 0. The van der Waals surface area contributed by atoms with Crippen LogP contribution in [0, 0.1) is 0 Å². The Kier molecular flexibility index (Phi) is 8.50. The van der Waals surface area contributed by atoms with Crippen molar-refractivity contribution in [3.63, 3.8) is 0 Å². The molecule has 2 amide bonds. The molecule has 29 heavy (non-hydrogen) atoms. The molecule has 0 radical (unpaired) electrons. The highest BCUT2D eigenvalue weighted by molar-refractivity contribution is 5.85. The van der Waals surface area contributed by atoms with E-state index in [0.29, 0.717) is 19.5 Å². The third-order valence-electron chi connectivity index (χ3n) is 5.92. The molecule has 0 spiro atoms. The molecule has 2 aliphatic rings. The molecule has 2 fully saturated rings. The molecule has 0 aromatic heterocycles. The molecule has 6 heteroatoms. The molecule has 160 valence electrons. The van der Waals surface area contributed by atoms with E-state index in [1.54, 1.807) is 4.90 Å². The lowest BCUT2D eigenvalue weighted by molar-refractivity contribution is -0.143. The Balaban J connectivity index is 1.68. The van der Waals surface area contributed by atoms with Crippen LogP contribution in [0.4, 0.5) is 0 Å². The van der Waals surface area contributed by atoms with Crippen LogP contribution in [0.5, 0.6) is 0 Å². The lowest BCUT2D eigenvalue weighted by Crippen LogP contribution is -2.51. The van der Waals surface area contributed by atoms with Crippen LogP contribution in [0.15, 0.2) is 30.3 Å². The molecule has 1 aromatic rings. The maximum Gasteiger partial charge on any atom is 0.242 e. The Bertz CT molecular complexity index is 646. The van der Waals surface area contributed by atoms with Gasteiger partial charge in [-0.05, 0) is 25.3 Å². The SMILES string of the molecule is CC(CN1CCOCC1)N(Cc1ccccc1)C(=O)CN1CCCCCCC1=O. The van der Waals surface area contributed by atoms with Gasteiger partial charge in [-0.15, -0.1) is 0 Å². The molecule has 6 nitrogen and oxygen atoms in total. The predicted molar refractivity (Wildman–Crippen MR) is 113 cm³/mol.